The van der Waals surface area contributed by atoms with Crippen LogP contribution in [0, 0.1) is 24.0 Å². The molecule has 0 fully saturated rings. The Bertz CT molecular complexity index is 1530. The molecule has 1 N–H and O–H groups in total. The van der Waals surface area contributed by atoms with Crippen molar-refractivity contribution in [1.29, 1.82) is 0 Å². The van der Waals surface area contributed by atoms with Gasteiger partial charge in [0.15, 0.2) is 0 Å². The van der Waals surface area contributed by atoms with Gasteiger partial charge in [-0.3, -0.25) is 9.88 Å². The van der Waals surface area contributed by atoms with Crippen molar-refractivity contribution in [3.8, 4) is 29.2 Å². The van der Waals surface area contributed by atoms with Crippen molar-refractivity contribution in [2.24, 2.45) is 0 Å². The molecule has 0 radical (unpaired) electrons. The number of hydrogen-bond donors (Lipinski definition) is 1. The lowest BCUT2D eigenvalue weighted by atomic mass is 10.0. The van der Waals surface area contributed by atoms with E-state index in [4.69, 9.17) is 16.1 Å². The van der Waals surface area contributed by atoms with E-state index in [-0.39, 0.29) is 6.61 Å². The van der Waals surface area contributed by atoms with Crippen molar-refractivity contribution >= 4 is 11.1 Å². The normalized spacial score (nSPS) is 14.4. The highest BCUT2D eigenvalue weighted by Crippen LogP contribution is 2.32. The monoisotopic (exact) mass is 514 g/mol. The maximum atomic E-state index is 13.5. The van der Waals surface area contributed by atoms with Gasteiger partial charge in [0.2, 0.25) is 0 Å². The van der Waals surface area contributed by atoms with Crippen LogP contribution in [0.4, 0.5) is 8.78 Å². The Morgan fingerprint density at radius 1 is 1.13 bits per heavy atom. The van der Waals surface area contributed by atoms with Crippen LogP contribution in [-0.4, -0.2) is 49.9 Å². The van der Waals surface area contributed by atoms with Crippen molar-refractivity contribution in [1.82, 2.24) is 19.5 Å². The highest BCUT2D eigenvalue weighted by atomic mass is 19.1. The zero-order chi connectivity index (χ0) is 26.9. The first-order valence-corrected chi connectivity index (χ1v) is 12.3. The minimum Gasteiger partial charge on any atom is -0.489 e. The van der Waals surface area contributed by atoms with E-state index in [0.29, 0.717) is 30.0 Å². The number of fused-ring (bicyclic) bond motifs is 1. The Morgan fingerprint density at radius 3 is 2.55 bits per heavy atom. The number of halogens is 2. The molecule has 0 saturated heterocycles. The number of benzene rings is 1. The highest BCUT2D eigenvalue weighted by Gasteiger charge is 2.18. The summed E-state index contributed by atoms with van der Waals surface area (Å²) in [6.07, 6.45) is 13.8. The molecule has 0 saturated carbocycles. The molecule has 1 aromatic carbocycles. The van der Waals surface area contributed by atoms with Gasteiger partial charge in [-0.2, -0.15) is 5.10 Å². The molecule has 0 unspecified atom stereocenters. The smallest absolute Gasteiger partial charge is 0.138 e. The number of ether oxygens (including phenoxy) is 1. The van der Waals surface area contributed by atoms with Crippen LogP contribution in [0.5, 0.6) is 5.75 Å². The van der Waals surface area contributed by atoms with E-state index in [2.05, 4.69) is 22.0 Å². The van der Waals surface area contributed by atoms with Gasteiger partial charge in [-0.05, 0) is 55.7 Å². The average Bonchev–Trinajstić information content (AvgIpc) is 3.30. The molecule has 3 aromatic heterocycles. The number of terminal acetylenes is 1. The molecule has 4 aromatic rings. The van der Waals surface area contributed by atoms with Crippen molar-refractivity contribution in [3.63, 3.8) is 0 Å². The molecule has 8 heteroatoms. The summed E-state index contributed by atoms with van der Waals surface area (Å²) in [5.74, 6) is 2.12. The second-order valence-electron chi connectivity index (χ2n) is 10.1. The molecule has 5 rings (SSSR count). The van der Waals surface area contributed by atoms with Crippen LogP contribution < -0.4 is 4.74 Å². The SMILES string of the molecule is C#Cc1cnn2cc(OCC(C)(C)O)cc(-c3ccc(C4=CCN(Cc5cc(F)cc(F)c5)CC4)nc3)c12. The van der Waals surface area contributed by atoms with E-state index in [1.54, 1.807) is 37.0 Å². The van der Waals surface area contributed by atoms with Gasteiger partial charge in [0.1, 0.15) is 24.0 Å². The summed E-state index contributed by atoms with van der Waals surface area (Å²) in [5.41, 5.74) is 4.76. The minimum absolute atomic E-state index is 0.123. The maximum Gasteiger partial charge on any atom is 0.138 e. The Morgan fingerprint density at radius 2 is 1.92 bits per heavy atom. The summed E-state index contributed by atoms with van der Waals surface area (Å²) < 4.78 is 34.6. The van der Waals surface area contributed by atoms with Gasteiger partial charge in [0.25, 0.3) is 0 Å². The molecule has 4 heterocycles. The molecule has 0 bridgehead atoms. The predicted octanol–water partition coefficient (Wildman–Crippen LogP) is 5.09. The zero-order valence-electron chi connectivity index (χ0n) is 21.3. The summed E-state index contributed by atoms with van der Waals surface area (Å²) in [6.45, 7) is 5.39. The van der Waals surface area contributed by atoms with Crippen LogP contribution in [0.25, 0.3) is 22.2 Å². The van der Waals surface area contributed by atoms with E-state index in [9.17, 15) is 13.9 Å². The average molecular weight is 515 g/mol. The standard InChI is InChI=1S/C30H28F2N4O2/c1-4-21-16-34-36-18-26(38-19-30(2,3)37)14-27(29(21)36)23-5-6-28(33-15-23)22-7-9-35(10-8-22)17-20-11-24(31)13-25(32)12-20/h1,5-7,11-16,18,37H,8-10,17,19H2,2-3H3. The number of hydrogen-bond acceptors (Lipinski definition) is 5. The molecule has 0 aliphatic carbocycles. The quantitative estimate of drug-likeness (QED) is 0.348. The second-order valence-corrected chi connectivity index (χ2v) is 10.1. The lowest BCUT2D eigenvalue weighted by molar-refractivity contribution is 0.0283. The first-order valence-electron chi connectivity index (χ1n) is 12.3. The number of aliphatic hydroxyl groups is 1. The molecule has 38 heavy (non-hydrogen) atoms. The van der Waals surface area contributed by atoms with Gasteiger partial charge < -0.3 is 9.84 Å². The van der Waals surface area contributed by atoms with Crippen molar-refractivity contribution in [3.05, 3.63) is 89.5 Å². The third-order valence-electron chi connectivity index (χ3n) is 6.36. The number of nitrogens with zero attached hydrogens (tertiary/aromatic N) is 4. The number of rotatable bonds is 7. The maximum absolute atomic E-state index is 13.5. The highest BCUT2D eigenvalue weighted by molar-refractivity contribution is 5.85. The van der Waals surface area contributed by atoms with E-state index >= 15 is 0 Å². The third-order valence-corrected chi connectivity index (χ3v) is 6.36. The minimum atomic E-state index is -0.983. The van der Waals surface area contributed by atoms with E-state index in [0.717, 1.165) is 46.9 Å². The molecule has 194 valence electrons. The fraction of sp³-hybridized carbons (Fsp3) is 0.267. The van der Waals surface area contributed by atoms with Gasteiger partial charge in [0.05, 0.1) is 34.8 Å². The molecule has 0 spiro atoms. The van der Waals surface area contributed by atoms with E-state index < -0.39 is 17.2 Å². The van der Waals surface area contributed by atoms with Crippen LogP contribution in [-0.2, 0) is 6.54 Å². The number of pyridine rings is 2. The van der Waals surface area contributed by atoms with Crippen molar-refractivity contribution < 1.29 is 18.6 Å². The Labute approximate surface area is 220 Å². The summed E-state index contributed by atoms with van der Waals surface area (Å²) in [7, 11) is 0. The summed E-state index contributed by atoms with van der Waals surface area (Å²) >= 11 is 0. The summed E-state index contributed by atoms with van der Waals surface area (Å²) in [6, 6.07) is 9.48. The van der Waals surface area contributed by atoms with Crippen molar-refractivity contribution in [2.75, 3.05) is 19.7 Å². The topological polar surface area (TPSA) is 62.9 Å². The largest absolute Gasteiger partial charge is 0.489 e. The fourth-order valence-corrected chi connectivity index (χ4v) is 4.55. The molecule has 6 nitrogen and oxygen atoms in total. The lowest BCUT2D eigenvalue weighted by Gasteiger charge is -2.26. The van der Waals surface area contributed by atoms with Crippen molar-refractivity contribution in [2.45, 2.75) is 32.4 Å². The zero-order valence-corrected chi connectivity index (χ0v) is 21.3. The van der Waals surface area contributed by atoms with Gasteiger partial charge in [0, 0.05) is 43.0 Å². The summed E-state index contributed by atoms with van der Waals surface area (Å²) in [5, 5.41) is 14.4. The molecule has 0 amide bonds. The van der Waals surface area contributed by atoms with Crippen LogP contribution in [0.2, 0.25) is 0 Å². The van der Waals surface area contributed by atoms with Gasteiger partial charge >= 0.3 is 0 Å². The molecule has 0 atom stereocenters. The lowest BCUT2D eigenvalue weighted by Crippen LogP contribution is -2.28. The third kappa shape index (κ3) is 5.75. The Balaban J connectivity index is 1.36. The summed E-state index contributed by atoms with van der Waals surface area (Å²) in [4.78, 5) is 6.87. The van der Waals surface area contributed by atoms with Crippen LogP contribution in [0.1, 0.15) is 37.1 Å². The molecular weight excluding hydrogens is 486 g/mol. The Kier molecular flexibility index (Phi) is 6.98. The number of aromatic nitrogens is 3. The van der Waals surface area contributed by atoms with Gasteiger partial charge in [-0.1, -0.05) is 18.1 Å². The van der Waals surface area contributed by atoms with Crippen LogP contribution >= 0.6 is 0 Å². The molecule has 1 aliphatic heterocycles. The first kappa shape index (κ1) is 25.6. The predicted molar refractivity (Wildman–Crippen MR) is 142 cm³/mol. The molecular formula is C30H28F2N4O2. The van der Waals surface area contributed by atoms with Crippen LogP contribution in [0.15, 0.2) is 61.1 Å². The van der Waals surface area contributed by atoms with Gasteiger partial charge in [-0.15, -0.1) is 6.42 Å². The second kappa shape index (κ2) is 10.4. The Hall–Kier alpha value is -4.06. The van der Waals surface area contributed by atoms with Gasteiger partial charge in [-0.25, -0.2) is 13.3 Å². The molecule has 1 aliphatic rings. The fourth-order valence-electron chi connectivity index (χ4n) is 4.55. The van der Waals surface area contributed by atoms with E-state index in [1.165, 1.54) is 12.1 Å². The van der Waals surface area contributed by atoms with Crippen LogP contribution in [0.3, 0.4) is 0 Å². The van der Waals surface area contributed by atoms with E-state index in [1.807, 2.05) is 18.2 Å². The first-order chi connectivity index (χ1) is 18.2.